The lowest BCUT2D eigenvalue weighted by Gasteiger charge is -2.30. The highest BCUT2D eigenvalue weighted by Crippen LogP contribution is 2.38. The molecular formula is C28H33N5O5. The van der Waals surface area contributed by atoms with E-state index in [4.69, 9.17) is 9.47 Å². The summed E-state index contributed by atoms with van der Waals surface area (Å²) < 4.78 is 11.6. The fourth-order valence-corrected chi connectivity index (χ4v) is 5.07. The van der Waals surface area contributed by atoms with Gasteiger partial charge in [-0.3, -0.25) is 9.59 Å². The predicted molar refractivity (Wildman–Crippen MR) is 140 cm³/mol. The topological polar surface area (TPSA) is 138 Å². The van der Waals surface area contributed by atoms with E-state index >= 15 is 0 Å². The number of aromatic nitrogens is 3. The minimum atomic E-state index is -1.16. The van der Waals surface area contributed by atoms with Gasteiger partial charge in [-0.2, -0.15) is 0 Å². The zero-order chi connectivity index (χ0) is 26.3. The molecule has 0 unspecified atom stereocenters. The van der Waals surface area contributed by atoms with E-state index in [9.17, 15) is 14.7 Å². The van der Waals surface area contributed by atoms with Crippen LogP contribution >= 0.6 is 0 Å². The van der Waals surface area contributed by atoms with Gasteiger partial charge in [0.2, 0.25) is 0 Å². The van der Waals surface area contributed by atoms with E-state index in [1.165, 1.54) is 19.2 Å². The van der Waals surface area contributed by atoms with Gasteiger partial charge in [-0.15, -0.1) is 0 Å². The van der Waals surface area contributed by atoms with Crippen LogP contribution in [0, 0.1) is 5.92 Å². The standard InChI is InChI=1S/C28H33N5O5/c1-37-19-8-9-22(38-14-16-2-3-16)20(12-19)23-25-24(31-15-30-23)21(13-29-25)26(34)32-17-4-6-18(7-5-17)33-27(35)28(36)10-11-28/h8-9,12-13,15-18,29,36H,2-7,10-11,14H2,1H3,(H,32,34)(H,33,35)/t17-,18+. The van der Waals surface area contributed by atoms with Gasteiger partial charge >= 0.3 is 0 Å². The van der Waals surface area contributed by atoms with Crippen molar-refractivity contribution < 1.29 is 24.2 Å². The molecule has 2 aromatic heterocycles. The molecule has 0 radical (unpaired) electrons. The molecule has 4 N–H and O–H groups in total. The Balaban J connectivity index is 1.16. The fourth-order valence-electron chi connectivity index (χ4n) is 5.07. The van der Waals surface area contributed by atoms with Crippen LogP contribution in [0.3, 0.4) is 0 Å². The number of nitrogens with one attached hydrogen (secondary N) is 3. The number of hydrogen-bond donors (Lipinski definition) is 4. The van der Waals surface area contributed by atoms with Crippen LogP contribution in [0.2, 0.25) is 0 Å². The highest BCUT2D eigenvalue weighted by Gasteiger charge is 2.48. The molecule has 3 aliphatic carbocycles. The van der Waals surface area contributed by atoms with E-state index in [1.807, 2.05) is 18.2 Å². The average Bonchev–Trinajstić information content (AvgIpc) is 3.86. The van der Waals surface area contributed by atoms with Crippen LogP contribution in [0.15, 0.2) is 30.7 Å². The van der Waals surface area contributed by atoms with Crippen molar-refractivity contribution in [2.45, 2.75) is 69.1 Å². The van der Waals surface area contributed by atoms with E-state index < -0.39 is 5.60 Å². The normalized spacial score (nSPS) is 22.1. The molecule has 2 amide bonds. The van der Waals surface area contributed by atoms with Crippen molar-refractivity contribution in [3.63, 3.8) is 0 Å². The predicted octanol–water partition coefficient (Wildman–Crippen LogP) is 3.10. The largest absolute Gasteiger partial charge is 0.497 e. The molecule has 6 rings (SSSR count). The van der Waals surface area contributed by atoms with Gasteiger partial charge in [-0.05, 0) is 75.5 Å². The number of nitrogens with zero attached hydrogens (tertiary/aromatic N) is 2. The van der Waals surface area contributed by atoms with Gasteiger partial charge in [-0.1, -0.05) is 0 Å². The van der Waals surface area contributed by atoms with Gasteiger partial charge in [0, 0.05) is 23.8 Å². The maximum Gasteiger partial charge on any atom is 0.255 e. The first kappa shape index (κ1) is 24.7. The minimum absolute atomic E-state index is 0.00623. The number of ether oxygens (including phenoxy) is 2. The molecule has 1 aromatic carbocycles. The lowest BCUT2D eigenvalue weighted by molar-refractivity contribution is -0.132. The summed E-state index contributed by atoms with van der Waals surface area (Å²) in [4.78, 5) is 37.5. The number of fused-ring (bicyclic) bond motifs is 1. The first-order valence-corrected chi connectivity index (χ1v) is 13.4. The zero-order valence-corrected chi connectivity index (χ0v) is 21.5. The third-order valence-electron chi connectivity index (χ3n) is 7.87. The van der Waals surface area contributed by atoms with Crippen molar-refractivity contribution >= 4 is 22.8 Å². The number of benzene rings is 1. The number of H-pyrrole nitrogens is 1. The Kier molecular flexibility index (Phi) is 6.43. The smallest absolute Gasteiger partial charge is 0.255 e. The lowest BCUT2D eigenvalue weighted by Crippen LogP contribution is -2.47. The summed E-state index contributed by atoms with van der Waals surface area (Å²) in [7, 11) is 1.62. The van der Waals surface area contributed by atoms with Crippen molar-refractivity contribution in [1.82, 2.24) is 25.6 Å². The second-order valence-corrected chi connectivity index (χ2v) is 10.8. The zero-order valence-electron chi connectivity index (χ0n) is 21.5. The summed E-state index contributed by atoms with van der Waals surface area (Å²) in [6.45, 7) is 0.665. The Labute approximate surface area is 220 Å². The fraction of sp³-hybridized carbons (Fsp3) is 0.500. The highest BCUT2D eigenvalue weighted by molar-refractivity contribution is 6.08. The number of carbonyl (C=O) groups excluding carboxylic acids is 2. The van der Waals surface area contributed by atoms with Gasteiger partial charge < -0.3 is 30.2 Å². The number of aromatic amines is 1. The van der Waals surface area contributed by atoms with Crippen LogP contribution in [0.1, 0.15) is 61.7 Å². The molecular weight excluding hydrogens is 486 g/mol. The van der Waals surface area contributed by atoms with Crippen LogP contribution in [-0.2, 0) is 4.79 Å². The van der Waals surface area contributed by atoms with Gasteiger partial charge in [0.05, 0.1) is 24.8 Å². The van der Waals surface area contributed by atoms with Crippen molar-refractivity contribution in [2.24, 2.45) is 5.92 Å². The van der Waals surface area contributed by atoms with Crippen molar-refractivity contribution in [3.8, 4) is 22.8 Å². The van der Waals surface area contributed by atoms with Crippen molar-refractivity contribution in [3.05, 3.63) is 36.3 Å². The Bertz CT molecular complexity index is 1350. The molecule has 10 nitrogen and oxygen atoms in total. The average molecular weight is 520 g/mol. The van der Waals surface area contributed by atoms with E-state index in [-0.39, 0.29) is 23.9 Å². The SMILES string of the molecule is COc1ccc(OCC2CC2)c(-c2ncnc3c(C(=O)N[C@H]4CC[C@@H](NC(=O)C5(O)CC5)CC4)c[nH]c23)c1. The highest BCUT2D eigenvalue weighted by atomic mass is 16.5. The maximum absolute atomic E-state index is 13.2. The summed E-state index contributed by atoms with van der Waals surface area (Å²) in [5, 5.41) is 16.1. The minimum Gasteiger partial charge on any atom is -0.497 e. The molecule has 0 saturated heterocycles. The molecule has 0 aliphatic heterocycles. The molecule has 3 saturated carbocycles. The van der Waals surface area contributed by atoms with Crippen LogP contribution < -0.4 is 20.1 Å². The monoisotopic (exact) mass is 519 g/mol. The van der Waals surface area contributed by atoms with Gasteiger partial charge in [0.1, 0.15) is 34.6 Å². The second-order valence-electron chi connectivity index (χ2n) is 10.8. The molecule has 3 aromatic rings. The third kappa shape index (κ3) is 5.05. The number of rotatable bonds is 9. The van der Waals surface area contributed by atoms with Gasteiger partial charge in [0.25, 0.3) is 11.8 Å². The van der Waals surface area contributed by atoms with Crippen LogP contribution in [0.5, 0.6) is 11.5 Å². The summed E-state index contributed by atoms with van der Waals surface area (Å²) >= 11 is 0. The number of hydrogen-bond acceptors (Lipinski definition) is 7. The Hall–Kier alpha value is -3.66. The van der Waals surface area contributed by atoms with Crippen molar-refractivity contribution in [2.75, 3.05) is 13.7 Å². The quantitative estimate of drug-likeness (QED) is 0.341. The van der Waals surface area contributed by atoms with Gasteiger partial charge in [-0.25, -0.2) is 9.97 Å². The summed E-state index contributed by atoms with van der Waals surface area (Å²) in [5.74, 6) is 1.55. The molecule has 3 aliphatic rings. The summed E-state index contributed by atoms with van der Waals surface area (Å²) in [6, 6.07) is 5.69. The number of methoxy groups -OCH3 is 1. The van der Waals surface area contributed by atoms with Crippen LogP contribution in [0.4, 0.5) is 0 Å². The molecule has 38 heavy (non-hydrogen) atoms. The van der Waals surface area contributed by atoms with Crippen LogP contribution in [0.25, 0.3) is 22.3 Å². The Morgan fingerprint density at radius 3 is 2.50 bits per heavy atom. The van der Waals surface area contributed by atoms with Crippen LogP contribution in [-0.4, -0.2) is 63.3 Å². The maximum atomic E-state index is 13.2. The molecule has 0 bridgehead atoms. The van der Waals surface area contributed by atoms with Crippen molar-refractivity contribution in [1.29, 1.82) is 0 Å². The molecule has 0 spiro atoms. The lowest BCUT2D eigenvalue weighted by atomic mass is 9.90. The summed E-state index contributed by atoms with van der Waals surface area (Å²) in [5.41, 5.74) is 1.93. The molecule has 0 atom stereocenters. The molecule has 10 heteroatoms. The number of aliphatic hydroxyl groups is 1. The van der Waals surface area contributed by atoms with E-state index in [0.29, 0.717) is 53.4 Å². The van der Waals surface area contributed by atoms with E-state index in [2.05, 4.69) is 25.6 Å². The molecule has 200 valence electrons. The van der Waals surface area contributed by atoms with Gasteiger partial charge in [0.15, 0.2) is 0 Å². The Morgan fingerprint density at radius 2 is 1.82 bits per heavy atom. The first-order chi connectivity index (χ1) is 18.4. The second kappa shape index (κ2) is 9.90. The summed E-state index contributed by atoms with van der Waals surface area (Å²) in [6.07, 6.45) is 9.61. The Morgan fingerprint density at radius 1 is 1.08 bits per heavy atom. The number of carbonyl (C=O) groups is 2. The third-order valence-corrected chi connectivity index (χ3v) is 7.87. The molecule has 2 heterocycles. The number of amides is 2. The van der Waals surface area contributed by atoms with E-state index in [0.717, 1.165) is 37.0 Å². The first-order valence-electron chi connectivity index (χ1n) is 13.4. The van der Waals surface area contributed by atoms with E-state index in [1.54, 1.807) is 13.3 Å². The molecule has 3 fully saturated rings.